The number of azo groups is 1. The highest BCUT2D eigenvalue weighted by Crippen LogP contribution is 2.27. The lowest BCUT2D eigenvalue weighted by molar-refractivity contribution is -0.121. The maximum absolute atomic E-state index is 12.2. The lowest BCUT2D eigenvalue weighted by atomic mass is 9.93. The van der Waals surface area contributed by atoms with Gasteiger partial charge in [-0.2, -0.15) is 4.98 Å². The molecule has 2 amide bonds. The van der Waals surface area contributed by atoms with Crippen molar-refractivity contribution in [1.82, 2.24) is 25.7 Å². The highest BCUT2D eigenvalue weighted by atomic mass is 16.5. The third kappa shape index (κ3) is 7.43. The van der Waals surface area contributed by atoms with Gasteiger partial charge < -0.3 is 24.8 Å². The lowest BCUT2D eigenvalue weighted by Crippen LogP contribution is -2.28. The number of allylic oxidation sites excluding steroid dienone is 3. The summed E-state index contributed by atoms with van der Waals surface area (Å²) in [5, 5.41) is 17.8. The van der Waals surface area contributed by atoms with Gasteiger partial charge in [0.1, 0.15) is 12.4 Å². The molecule has 2 aliphatic rings. The van der Waals surface area contributed by atoms with Crippen molar-refractivity contribution in [2.24, 2.45) is 16.1 Å². The molecule has 2 heterocycles. The number of likely N-dealkylation sites (N-methyl/N-ethyl adjacent to an activating group) is 1. The molecular weight excluding hydrogens is 474 g/mol. The largest absolute Gasteiger partial charge is 0.492 e. The summed E-state index contributed by atoms with van der Waals surface area (Å²) in [6.07, 6.45) is 8.67. The van der Waals surface area contributed by atoms with Crippen LogP contribution in [0.15, 0.2) is 74.7 Å². The van der Waals surface area contributed by atoms with Crippen molar-refractivity contribution in [2.45, 2.75) is 19.3 Å². The number of fused-ring (bicyclic) bond motifs is 1. The predicted molar refractivity (Wildman–Crippen MR) is 136 cm³/mol. The molecule has 1 aliphatic carbocycles. The van der Waals surface area contributed by atoms with Crippen molar-refractivity contribution in [3.63, 3.8) is 0 Å². The average molecular weight is 506 g/mol. The number of rotatable bonds is 13. The van der Waals surface area contributed by atoms with Crippen LogP contribution in [0.25, 0.3) is 11.4 Å². The first kappa shape index (κ1) is 26.0. The summed E-state index contributed by atoms with van der Waals surface area (Å²) in [5.41, 5.74) is 1.63. The fourth-order valence-electron chi connectivity index (χ4n) is 3.69. The minimum Gasteiger partial charge on any atom is -0.492 e. The van der Waals surface area contributed by atoms with Crippen LogP contribution in [0.1, 0.15) is 18.7 Å². The van der Waals surface area contributed by atoms with Gasteiger partial charge in [0.05, 0.1) is 5.92 Å². The molecule has 1 unspecified atom stereocenters. The summed E-state index contributed by atoms with van der Waals surface area (Å²) < 4.78 is 11.0. The molecular formula is C26H31N7O4. The maximum atomic E-state index is 12.2. The highest BCUT2D eigenvalue weighted by Gasteiger charge is 2.26. The van der Waals surface area contributed by atoms with E-state index in [2.05, 4.69) is 35.9 Å². The zero-order valence-corrected chi connectivity index (χ0v) is 21.0. The van der Waals surface area contributed by atoms with Gasteiger partial charge in [-0.15, -0.1) is 10.2 Å². The van der Waals surface area contributed by atoms with Gasteiger partial charge in [-0.25, -0.2) is 0 Å². The van der Waals surface area contributed by atoms with Crippen molar-refractivity contribution in [3.05, 3.63) is 65.9 Å². The predicted octanol–water partition coefficient (Wildman–Crippen LogP) is 2.65. The number of nitrogens with one attached hydrogen (secondary N) is 2. The van der Waals surface area contributed by atoms with Crippen molar-refractivity contribution in [1.29, 1.82) is 0 Å². The van der Waals surface area contributed by atoms with Gasteiger partial charge in [-0.3, -0.25) is 9.59 Å². The molecule has 0 bridgehead atoms. The molecule has 194 valence electrons. The molecule has 2 aromatic rings. The Kier molecular flexibility index (Phi) is 8.93. The number of carbonyl (C=O) groups excluding carboxylic acids is 2. The van der Waals surface area contributed by atoms with Gasteiger partial charge in [-0.05, 0) is 44.8 Å². The number of carbonyl (C=O) groups is 2. The van der Waals surface area contributed by atoms with Crippen LogP contribution < -0.4 is 15.4 Å². The summed E-state index contributed by atoms with van der Waals surface area (Å²) in [7, 11) is 4.00. The van der Waals surface area contributed by atoms with Gasteiger partial charge in [0.15, 0.2) is 5.82 Å². The molecule has 0 radical (unpaired) electrons. The van der Waals surface area contributed by atoms with Crippen molar-refractivity contribution < 1.29 is 18.8 Å². The van der Waals surface area contributed by atoms with Crippen LogP contribution in [0.2, 0.25) is 0 Å². The van der Waals surface area contributed by atoms with E-state index >= 15 is 0 Å². The van der Waals surface area contributed by atoms with Crippen LogP contribution in [0.4, 0.5) is 0 Å². The quantitative estimate of drug-likeness (QED) is 0.397. The van der Waals surface area contributed by atoms with Gasteiger partial charge in [-0.1, -0.05) is 29.5 Å². The molecule has 11 nitrogen and oxygen atoms in total. The Balaban J connectivity index is 1.14. The second-order valence-corrected chi connectivity index (χ2v) is 8.88. The summed E-state index contributed by atoms with van der Waals surface area (Å²) in [6, 6.07) is 7.51. The molecule has 0 spiro atoms. The molecule has 4 rings (SSSR count). The van der Waals surface area contributed by atoms with E-state index in [-0.39, 0.29) is 24.2 Å². The molecule has 1 aromatic carbocycles. The number of ether oxygens (including phenoxy) is 1. The third-order valence-electron chi connectivity index (χ3n) is 5.74. The number of aryl methyl sites for hydroxylation is 1. The van der Waals surface area contributed by atoms with E-state index in [9.17, 15) is 9.59 Å². The van der Waals surface area contributed by atoms with E-state index in [1.54, 1.807) is 0 Å². The number of hydrogen-bond acceptors (Lipinski definition) is 9. The van der Waals surface area contributed by atoms with E-state index in [1.165, 1.54) is 0 Å². The number of benzene rings is 1. The molecule has 0 saturated heterocycles. The third-order valence-corrected chi connectivity index (χ3v) is 5.74. The number of aromatic nitrogens is 2. The number of nitrogens with zero attached hydrogens (tertiary/aromatic N) is 5. The van der Waals surface area contributed by atoms with Crippen LogP contribution >= 0.6 is 0 Å². The molecule has 1 aromatic heterocycles. The van der Waals surface area contributed by atoms with E-state index in [1.807, 2.05) is 62.7 Å². The summed E-state index contributed by atoms with van der Waals surface area (Å²) in [5.74, 6) is 1.53. The maximum Gasteiger partial charge on any atom is 0.276 e. The van der Waals surface area contributed by atoms with E-state index in [0.717, 1.165) is 23.4 Å². The first-order valence-corrected chi connectivity index (χ1v) is 12.3. The standard InChI is InChI=1S/C26H31N7O4/c1-33(2)16-17-36-19-10-8-18(9-11-19)24-29-23(37-32-24)13-12-22(34)27-14-5-15-28-25-20-6-3-4-7-21(20)26(35)31-30-25/h3-4,6-11,21,28H,5,12-17H2,1-2H3,(H,27,34). The van der Waals surface area contributed by atoms with E-state index < -0.39 is 0 Å². The average Bonchev–Trinajstić information content (AvgIpc) is 3.38. The summed E-state index contributed by atoms with van der Waals surface area (Å²) in [6.45, 7) is 2.54. The Morgan fingerprint density at radius 1 is 1.14 bits per heavy atom. The van der Waals surface area contributed by atoms with Crippen LogP contribution in [0, 0.1) is 5.92 Å². The van der Waals surface area contributed by atoms with Crippen LogP contribution in [-0.4, -0.2) is 67.2 Å². The summed E-state index contributed by atoms with van der Waals surface area (Å²) >= 11 is 0. The first-order chi connectivity index (χ1) is 18.0. The molecule has 1 atom stereocenters. The van der Waals surface area contributed by atoms with E-state index in [0.29, 0.717) is 50.1 Å². The zero-order valence-electron chi connectivity index (χ0n) is 21.0. The molecule has 37 heavy (non-hydrogen) atoms. The minimum atomic E-state index is -0.374. The van der Waals surface area contributed by atoms with Crippen LogP contribution in [-0.2, 0) is 16.0 Å². The van der Waals surface area contributed by atoms with Gasteiger partial charge in [0.25, 0.3) is 5.91 Å². The molecule has 0 saturated carbocycles. The second-order valence-electron chi connectivity index (χ2n) is 8.88. The molecule has 2 N–H and O–H groups in total. The van der Waals surface area contributed by atoms with Crippen molar-refractivity contribution >= 4 is 11.8 Å². The minimum absolute atomic E-state index is 0.0932. The lowest BCUT2D eigenvalue weighted by Gasteiger charge is -2.20. The molecule has 0 fully saturated rings. The fourth-order valence-corrected chi connectivity index (χ4v) is 3.69. The Labute approximate surface area is 215 Å². The van der Waals surface area contributed by atoms with Gasteiger partial charge in [0.2, 0.25) is 17.6 Å². The van der Waals surface area contributed by atoms with Crippen molar-refractivity contribution in [2.75, 3.05) is 40.3 Å². The normalized spacial score (nSPS) is 16.3. The Bertz CT molecular complexity index is 1210. The van der Waals surface area contributed by atoms with Crippen LogP contribution in [0.5, 0.6) is 5.75 Å². The highest BCUT2D eigenvalue weighted by molar-refractivity contribution is 5.86. The zero-order chi connectivity index (χ0) is 26.0. The topological polar surface area (TPSA) is 134 Å². The molecule has 11 heteroatoms. The summed E-state index contributed by atoms with van der Waals surface area (Å²) in [4.78, 5) is 30.5. The number of amides is 2. The van der Waals surface area contributed by atoms with Crippen LogP contribution in [0.3, 0.4) is 0 Å². The first-order valence-electron chi connectivity index (χ1n) is 12.3. The Morgan fingerprint density at radius 3 is 2.78 bits per heavy atom. The van der Waals surface area contributed by atoms with E-state index in [4.69, 9.17) is 9.26 Å². The second kappa shape index (κ2) is 12.7. The van der Waals surface area contributed by atoms with Gasteiger partial charge in [0, 0.05) is 43.6 Å². The fraction of sp³-hybridized carbons (Fsp3) is 0.385. The smallest absolute Gasteiger partial charge is 0.276 e. The van der Waals surface area contributed by atoms with Gasteiger partial charge >= 0.3 is 0 Å². The monoisotopic (exact) mass is 505 g/mol. The molecule has 1 aliphatic heterocycles. The van der Waals surface area contributed by atoms with Crippen molar-refractivity contribution in [3.8, 4) is 17.1 Å². The SMILES string of the molecule is CN(C)CCOc1ccc(-c2noc(CCC(=O)NCCCNC3=C4C=CC=CC4C(=O)N=N3)n2)cc1. The Hall–Kier alpha value is -4.12. The number of hydrogen-bond donors (Lipinski definition) is 2. The Morgan fingerprint density at radius 2 is 1.97 bits per heavy atom.